The molecular weight excluding hydrogens is 314 g/mol. The van der Waals surface area contributed by atoms with E-state index in [1.54, 1.807) is 0 Å². The van der Waals surface area contributed by atoms with Gasteiger partial charge in [0.25, 0.3) is 0 Å². The second kappa shape index (κ2) is 6.72. The molecule has 122 valence electrons. The maximum atomic E-state index is 12.2. The van der Waals surface area contributed by atoms with Crippen LogP contribution in [0.1, 0.15) is 24.3 Å². The van der Waals surface area contributed by atoms with Crippen LogP contribution in [0.2, 0.25) is 0 Å². The van der Waals surface area contributed by atoms with Gasteiger partial charge in [-0.3, -0.25) is 4.79 Å². The fourth-order valence-corrected chi connectivity index (χ4v) is 2.75. The van der Waals surface area contributed by atoms with Gasteiger partial charge in [-0.1, -0.05) is 18.2 Å². The first-order valence-electron chi connectivity index (χ1n) is 7.85. The van der Waals surface area contributed by atoms with E-state index in [9.17, 15) is 4.79 Å². The van der Waals surface area contributed by atoms with Crippen molar-refractivity contribution < 1.29 is 9.21 Å². The smallest absolute Gasteiger partial charge is 0.236 e. The molecule has 4 rings (SSSR count). The number of oxazole rings is 1. The van der Waals surface area contributed by atoms with E-state index in [2.05, 4.69) is 10.3 Å². The van der Waals surface area contributed by atoms with Gasteiger partial charge in [0.1, 0.15) is 11.5 Å². The average Bonchev–Trinajstić information content (AvgIpc) is 3.29. The summed E-state index contributed by atoms with van der Waals surface area (Å²) in [7, 11) is 0. The second-order valence-electron chi connectivity index (χ2n) is 5.98. The van der Waals surface area contributed by atoms with Gasteiger partial charge in [-0.15, -0.1) is 12.4 Å². The molecular formula is C17H20ClN3O2. The number of aromatic nitrogens is 1. The zero-order chi connectivity index (χ0) is 14.9. The maximum Gasteiger partial charge on any atom is 0.236 e. The van der Waals surface area contributed by atoms with Crippen LogP contribution in [-0.4, -0.2) is 34.9 Å². The van der Waals surface area contributed by atoms with Gasteiger partial charge in [-0.05, 0) is 25.0 Å². The number of halogens is 1. The quantitative estimate of drug-likeness (QED) is 0.933. The highest BCUT2D eigenvalue weighted by Crippen LogP contribution is 2.26. The molecule has 1 aromatic heterocycles. The first-order valence-corrected chi connectivity index (χ1v) is 7.85. The molecule has 2 heterocycles. The molecule has 23 heavy (non-hydrogen) atoms. The van der Waals surface area contributed by atoms with Crippen LogP contribution in [0.4, 0.5) is 0 Å². The first kappa shape index (κ1) is 16.0. The van der Waals surface area contributed by atoms with E-state index < -0.39 is 0 Å². The summed E-state index contributed by atoms with van der Waals surface area (Å²) in [6, 6.07) is 10.4. The van der Waals surface area contributed by atoms with E-state index in [1.807, 2.05) is 35.2 Å². The van der Waals surface area contributed by atoms with E-state index in [0.717, 1.165) is 23.4 Å². The lowest BCUT2D eigenvalue weighted by atomic mass is 10.1. The topological polar surface area (TPSA) is 58.4 Å². The predicted molar refractivity (Wildman–Crippen MR) is 89.3 cm³/mol. The number of amides is 1. The van der Waals surface area contributed by atoms with Crippen LogP contribution in [0.15, 0.2) is 34.7 Å². The zero-order valence-electron chi connectivity index (χ0n) is 12.8. The van der Waals surface area contributed by atoms with Gasteiger partial charge in [-0.2, -0.15) is 0 Å². The van der Waals surface area contributed by atoms with Crippen LogP contribution in [-0.2, 0) is 17.8 Å². The van der Waals surface area contributed by atoms with E-state index in [4.69, 9.17) is 4.42 Å². The first-order chi connectivity index (χ1) is 10.8. The molecule has 0 bridgehead atoms. The van der Waals surface area contributed by atoms with E-state index >= 15 is 0 Å². The molecule has 1 aromatic carbocycles. The molecule has 5 nitrogen and oxygen atoms in total. The van der Waals surface area contributed by atoms with Crippen molar-refractivity contribution in [3.63, 3.8) is 0 Å². The number of carbonyl (C=O) groups excluding carboxylic acids is 1. The minimum atomic E-state index is 0. The Morgan fingerprint density at radius 2 is 2.09 bits per heavy atom. The lowest BCUT2D eigenvalue weighted by Gasteiger charge is -2.25. The molecule has 1 aliphatic heterocycles. The molecule has 1 aliphatic carbocycles. The number of carbonyl (C=O) groups is 1. The third kappa shape index (κ3) is 3.57. The molecule has 1 N–H and O–H groups in total. The summed E-state index contributed by atoms with van der Waals surface area (Å²) in [5.74, 6) is 1.72. The van der Waals surface area contributed by atoms with Crippen molar-refractivity contribution in [1.82, 2.24) is 15.2 Å². The molecule has 1 fully saturated rings. The van der Waals surface area contributed by atoms with Crippen molar-refractivity contribution in [2.45, 2.75) is 31.8 Å². The number of nitrogens with zero attached hydrogens (tertiary/aromatic N) is 2. The van der Waals surface area contributed by atoms with Crippen LogP contribution in [0, 0.1) is 0 Å². The number of benzene rings is 1. The molecule has 0 radical (unpaired) electrons. The summed E-state index contributed by atoms with van der Waals surface area (Å²) < 4.78 is 5.86. The van der Waals surface area contributed by atoms with Crippen LogP contribution >= 0.6 is 12.4 Å². The Morgan fingerprint density at radius 1 is 1.30 bits per heavy atom. The number of hydrogen-bond acceptors (Lipinski definition) is 4. The summed E-state index contributed by atoms with van der Waals surface area (Å²) in [6.07, 6.45) is 3.13. The Hall–Kier alpha value is -1.85. The van der Waals surface area contributed by atoms with E-state index in [0.29, 0.717) is 31.6 Å². The molecule has 6 heteroatoms. The average molecular weight is 334 g/mol. The Kier molecular flexibility index (Phi) is 4.68. The van der Waals surface area contributed by atoms with E-state index in [-0.39, 0.29) is 18.3 Å². The van der Waals surface area contributed by atoms with Crippen molar-refractivity contribution >= 4 is 18.3 Å². The zero-order valence-corrected chi connectivity index (χ0v) is 13.6. The Balaban J connectivity index is 0.00000156. The second-order valence-corrected chi connectivity index (χ2v) is 5.98. The summed E-state index contributed by atoms with van der Waals surface area (Å²) >= 11 is 0. The van der Waals surface area contributed by atoms with Gasteiger partial charge in [0.2, 0.25) is 11.8 Å². The molecule has 1 amide bonds. The van der Waals surface area contributed by atoms with Gasteiger partial charge in [0.05, 0.1) is 13.1 Å². The van der Waals surface area contributed by atoms with Crippen LogP contribution in [0.5, 0.6) is 0 Å². The monoisotopic (exact) mass is 333 g/mol. The molecule has 2 aliphatic rings. The predicted octanol–water partition coefficient (Wildman–Crippen LogP) is 2.40. The molecule has 0 saturated heterocycles. The summed E-state index contributed by atoms with van der Waals surface area (Å²) in [5, 5.41) is 3.27. The number of nitrogens with one attached hydrogen (secondary N) is 1. The number of fused-ring (bicyclic) bond motifs is 1. The fourth-order valence-electron chi connectivity index (χ4n) is 2.75. The molecule has 2 aromatic rings. The molecule has 1 saturated carbocycles. The Bertz CT molecular complexity index is 682. The van der Waals surface area contributed by atoms with E-state index in [1.165, 1.54) is 12.8 Å². The molecule has 0 atom stereocenters. The fraction of sp³-hybridized carbons (Fsp3) is 0.412. The largest absolute Gasteiger partial charge is 0.441 e. The van der Waals surface area contributed by atoms with Crippen molar-refractivity contribution in [1.29, 1.82) is 0 Å². The van der Waals surface area contributed by atoms with Gasteiger partial charge in [0.15, 0.2) is 0 Å². The number of hydrogen-bond donors (Lipinski definition) is 1. The van der Waals surface area contributed by atoms with Gasteiger partial charge >= 0.3 is 0 Å². The Labute approximate surface area is 141 Å². The minimum absolute atomic E-state index is 0. The van der Waals surface area contributed by atoms with Crippen molar-refractivity contribution in [2.75, 3.05) is 13.1 Å². The highest BCUT2D eigenvalue weighted by atomic mass is 35.5. The normalized spacial score (nSPS) is 16.6. The summed E-state index contributed by atoms with van der Waals surface area (Å²) in [4.78, 5) is 18.7. The van der Waals surface area contributed by atoms with Gasteiger partial charge in [0, 0.05) is 24.6 Å². The summed E-state index contributed by atoms with van der Waals surface area (Å²) in [5.41, 5.74) is 1.87. The highest BCUT2D eigenvalue weighted by molar-refractivity contribution is 5.85. The summed E-state index contributed by atoms with van der Waals surface area (Å²) in [6.45, 7) is 1.70. The highest BCUT2D eigenvalue weighted by Gasteiger charge is 2.27. The van der Waals surface area contributed by atoms with Crippen molar-refractivity contribution in [2.24, 2.45) is 0 Å². The third-order valence-corrected chi connectivity index (χ3v) is 4.22. The minimum Gasteiger partial charge on any atom is -0.441 e. The van der Waals surface area contributed by atoms with Crippen LogP contribution in [0.25, 0.3) is 11.5 Å². The lowest BCUT2D eigenvalue weighted by molar-refractivity contribution is -0.131. The maximum absolute atomic E-state index is 12.2. The third-order valence-electron chi connectivity index (χ3n) is 4.22. The van der Waals surface area contributed by atoms with Crippen molar-refractivity contribution in [3.05, 3.63) is 41.8 Å². The standard InChI is InChI=1S/C17H19N3O2.ClH/c21-16(10-18-13-6-7-13)20-9-8-15-14(11-20)19-17(22-15)12-4-2-1-3-5-12;/h1-5,13,18H,6-11H2;1H. The van der Waals surface area contributed by atoms with Crippen LogP contribution < -0.4 is 5.32 Å². The molecule has 0 spiro atoms. The van der Waals surface area contributed by atoms with Gasteiger partial charge < -0.3 is 14.6 Å². The Morgan fingerprint density at radius 3 is 2.83 bits per heavy atom. The number of rotatable bonds is 4. The SMILES string of the molecule is Cl.O=C(CNC1CC1)N1CCc2oc(-c3ccccc3)nc2C1. The van der Waals surface area contributed by atoms with Crippen molar-refractivity contribution in [3.8, 4) is 11.5 Å². The lowest BCUT2D eigenvalue weighted by Crippen LogP contribution is -2.41. The van der Waals surface area contributed by atoms with Crippen LogP contribution in [0.3, 0.4) is 0 Å². The van der Waals surface area contributed by atoms with Gasteiger partial charge in [-0.25, -0.2) is 4.98 Å². The molecule has 0 unspecified atom stereocenters.